The molecule has 0 aromatic heterocycles. The average Bonchev–Trinajstić information content (AvgIpc) is 3.18. The monoisotopic (exact) mass is 240 g/mol. The second kappa shape index (κ2) is 4.57. The van der Waals surface area contributed by atoms with Crippen molar-refractivity contribution < 1.29 is 0 Å². The van der Waals surface area contributed by atoms with Crippen LogP contribution in [-0.4, -0.2) is 0 Å². The standard InChI is InChI=1S/2C9H12/c1-2-9-5-3-8(7-9)4-6-9;1-2-8-5-7-3-4-9(8)6-7/h2-3,5,8H,1,4,6-7H2;2-4,7,9H,5-6H2,1H3. The van der Waals surface area contributed by atoms with Gasteiger partial charge in [0.2, 0.25) is 0 Å². The third-order valence-corrected chi connectivity index (χ3v) is 5.25. The Morgan fingerprint density at radius 2 is 2.17 bits per heavy atom. The van der Waals surface area contributed by atoms with Crippen molar-refractivity contribution in [3.8, 4) is 0 Å². The van der Waals surface area contributed by atoms with Gasteiger partial charge in [-0.3, -0.25) is 0 Å². The van der Waals surface area contributed by atoms with Crippen LogP contribution in [0.3, 0.4) is 0 Å². The largest absolute Gasteiger partial charge is 0.102 e. The zero-order valence-corrected chi connectivity index (χ0v) is 11.4. The van der Waals surface area contributed by atoms with Gasteiger partial charge < -0.3 is 0 Å². The Bertz CT molecular complexity index is 423. The lowest BCUT2D eigenvalue weighted by Gasteiger charge is -2.16. The van der Waals surface area contributed by atoms with Crippen LogP contribution >= 0.6 is 0 Å². The second-order valence-corrected chi connectivity index (χ2v) is 6.35. The molecule has 0 radical (unpaired) electrons. The van der Waals surface area contributed by atoms with Crippen LogP contribution < -0.4 is 0 Å². The van der Waals surface area contributed by atoms with Crippen LogP contribution in [0.15, 0.2) is 48.6 Å². The average molecular weight is 240 g/mol. The Labute approximate surface area is 111 Å². The van der Waals surface area contributed by atoms with Crippen molar-refractivity contribution in [3.63, 3.8) is 0 Å². The summed E-state index contributed by atoms with van der Waals surface area (Å²) in [5.74, 6) is 2.63. The van der Waals surface area contributed by atoms with Gasteiger partial charge >= 0.3 is 0 Å². The fourth-order valence-corrected chi connectivity index (χ4v) is 4.03. The molecular formula is C18H24. The van der Waals surface area contributed by atoms with Crippen LogP contribution in [0.25, 0.3) is 0 Å². The summed E-state index contributed by atoms with van der Waals surface area (Å²) in [6, 6.07) is 0. The van der Waals surface area contributed by atoms with Gasteiger partial charge in [-0.1, -0.05) is 42.0 Å². The van der Waals surface area contributed by atoms with Gasteiger partial charge in [-0.2, -0.15) is 0 Å². The Hall–Kier alpha value is -1.04. The molecule has 0 aliphatic heterocycles. The van der Waals surface area contributed by atoms with Crippen molar-refractivity contribution >= 4 is 0 Å². The number of hydrogen-bond acceptors (Lipinski definition) is 0. The van der Waals surface area contributed by atoms with Gasteiger partial charge in [0.15, 0.2) is 0 Å². The molecule has 4 aliphatic carbocycles. The van der Waals surface area contributed by atoms with Crippen LogP contribution in [-0.2, 0) is 0 Å². The first-order valence-corrected chi connectivity index (χ1v) is 7.41. The van der Waals surface area contributed by atoms with E-state index in [1.807, 2.05) is 0 Å². The van der Waals surface area contributed by atoms with Gasteiger partial charge in [0.1, 0.15) is 0 Å². The van der Waals surface area contributed by atoms with Gasteiger partial charge in [-0.25, -0.2) is 0 Å². The van der Waals surface area contributed by atoms with E-state index in [0.29, 0.717) is 5.41 Å². The quantitative estimate of drug-likeness (QED) is 0.562. The lowest BCUT2D eigenvalue weighted by atomic mass is 9.88. The van der Waals surface area contributed by atoms with Crippen LogP contribution in [0.4, 0.5) is 0 Å². The summed E-state index contributed by atoms with van der Waals surface area (Å²) >= 11 is 0. The van der Waals surface area contributed by atoms with E-state index in [1.165, 1.54) is 32.1 Å². The molecule has 0 heterocycles. The van der Waals surface area contributed by atoms with Crippen LogP contribution in [0.5, 0.6) is 0 Å². The van der Waals surface area contributed by atoms with Gasteiger partial charge in [0, 0.05) is 5.41 Å². The molecule has 0 spiro atoms. The highest BCUT2D eigenvalue weighted by Gasteiger charge is 2.37. The van der Waals surface area contributed by atoms with Crippen molar-refractivity contribution in [2.24, 2.45) is 23.2 Å². The highest BCUT2D eigenvalue weighted by molar-refractivity contribution is 5.26. The summed E-state index contributed by atoms with van der Waals surface area (Å²) in [6.07, 6.45) is 20.7. The van der Waals surface area contributed by atoms with E-state index in [2.05, 4.69) is 50.0 Å². The van der Waals surface area contributed by atoms with Crippen molar-refractivity contribution in [2.45, 2.75) is 39.0 Å². The molecule has 0 amide bonds. The molecule has 4 bridgehead atoms. The molecule has 0 saturated heterocycles. The highest BCUT2D eigenvalue weighted by atomic mass is 14.4. The smallest absolute Gasteiger partial charge is 0.00642 e. The Morgan fingerprint density at radius 3 is 2.44 bits per heavy atom. The number of rotatable bonds is 1. The van der Waals surface area contributed by atoms with E-state index in [9.17, 15) is 0 Å². The maximum Gasteiger partial charge on any atom is 0.00642 e. The van der Waals surface area contributed by atoms with E-state index in [0.717, 1.165) is 17.8 Å². The van der Waals surface area contributed by atoms with Gasteiger partial charge in [0.05, 0.1) is 0 Å². The molecule has 4 unspecified atom stereocenters. The van der Waals surface area contributed by atoms with Crippen molar-refractivity contribution in [3.05, 3.63) is 48.6 Å². The lowest BCUT2D eigenvalue weighted by Crippen LogP contribution is -2.05. The number of allylic oxidation sites excluding steroid dienone is 7. The zero-order valence-electron chi connectivity index (χ0n) is 11.4. The zero-order chi connectivity index (χ0) is 12.6. The van der Waals surface area contributed by atoms with Gasteiger partial charge in [-0.05, 0) is 56.8 Å². The molecule has 2 fully saturated rings. The Balaban J connectivity index is 0.000000111. The second-order valence-electron chi connectivity index (χ2n) is 6.35. The first kappa shape index (κ1) is 12.0. The molecule has 0 aromatic rings. The van der Waals surface area contributed by atoms with E-state index < -0.39 is 0 Å². The van der Waals surface area contributed by atoms with Crippen molar-refractivity contribution in [2.75, 3.05) is 0 Å². The summed E-state index contributed by atoms with van der Waals surface area (Å²) in [7, 11) is 0. The maximum atomic E-state index is 3.86. The predicted octanol–water partition coefficient (Wildman–Crippen LogP) is 5.06. The van der Waals surface area contributed by atoms with Crippen molar-refractivity contribution in [1.29, 1.82) is 0 Å². The molecule has 0 aromatic carbocycles. The number of hydrogen-bond donors (Lipinski definition) is 0. The lowest BCUT2D eigenvalue weighted by molar-refractivity contribution is 0.525. The molecule has 4 aliphatic rings. The summed E-state index contributed by atoms with van der Waals surface area (Å²) in [6.45, 7) is 6.02. The third kappa shape index (κ3) is 2.02. The minimum absolute atomic E-state index is 0.435. The van der Waals surface area contributed by atoms with Gasteiger partial charge in [0.25, 0.3) is 0 Å². The molecule has 4 atom stereocenters. The normalized spacial score (nSPS) is 44.5. The minimum atomic E-state index is 0.435. The fraction of sp³-hybridized carbons (Fsp3) is 0.556. The Kier molecular flexibility index (Phi) is 3.05. The molecular weight excluding hydrogens is 216 g/mol. The molecule has 2 saturated carbocycles. The van der Waals surface area contributed by atoms with E-state index in [-0.39, 0.29) is 0 Å². The summed E-state index contributed by atoms with van der Waals surface area (Å²) in [4.78, 5) is 0. The summed E-state index contributed by atoms with van der Waals surface area (Å²) in [5, 5.41) is 0. The fourth-order valence-electron chi connectivity index (χ4n) is 4.03. The van der Waals surface area contributed by atoms with Crippen LogP contribution in [0.2, 0.25) is 0 Å². The molecule has 18 heavy (non-hydrogen) atoms. The van der Waals surface area contributed by atoms with E-state index >= 15 is 0 Å². The van der Waals surface area contributed by atoms with Crippen molar-refractivity contribution in [1.82, 2.24) is 0 Å². The third-order valence-electron chi connectivity index (χ3n) is 5.25. The van der Waals surface area contributed by atoms with E-state index in [1.54, 1.807) is 5.57 Å². The minimum Gasteiger partial charge on any atom is -0.102 e. The molecule has 96 valence electrons. The highest BCUT2D eigenvalue weighted by Crippen LogP contribution is 2.49. The first-order valence-electron chi connectivity index (χ1n) is 7.41. The van der Waals surface area contributed by atoms with Gasteiger partial charge in [-0.15, -0.1) is 6.58 Å². The van der Waals surface area contributed by atoms with Crippen LogP contribution in [0.1, 0.15) is 39.0 Å². The summed E-state index contributed by atoms with van der Waals surface area (Å²) in [5.41, 5.74) is 2.10. The number of fused-ring (bicyclic) bond motifs is 4. The maximum absolute atomic E-state index is 3.86. The molecule has 4 rings (SSSR count). The summed E-state index contributed by atoms with van der Waals surface area (Å²) < 4.78 is 0. The molecule has 0 nitrogen and oxygen atoms in total. The SMILES string of the molecule is C=CC12C=CC(CC1)C2.CC=C1CC2C=CC1C2. The Morgan fingerprint density at radius 1 is 1.28 bits per heavy atom. The van der Waals surface area contributed by atoms with Crippen LogP contribution in [0, 0.1) is 23.2 Å². The molecule has 0 heteroatoms. The first-order chi connectivity index (χ1) is 8.74. The predicted molar refractivity (Wildman–Crippen MR) is 78.2 cm³/mol. The topological polar surface area (TPSA) is 0 Å². The van der Waals surface area contributed by atoms with E-state index in [4.69, 9.17) is 0 Å². The molecule has 0 N–H and O–H groups in total.